The molecule has 0 saturated carbocycles. The molecule has 4 rings (SSSR count). The Balaban J connectivity index is 1.44. The summed E-state index contributed by atoms with van der Waals surface area (Å²) in [4.78, 5) is 33.4. The number of rotatable bonds is 4. The van der Waals surface area contributed by atoms with Crippen molar-refractivity contribution in [2.45, 2.75) is 19.4 Å². The minimum atomic E-state index is -0.324. The van der Waals surface area contributed by atoms with Gasteiger partial charge < -0.3 is 10.2 Å². The quantitative estimate of drug-likeness (QED) is 0.722. The number of carbonyl (C=O) groups is 2. The van der Waals surface area contributed by atoms with E-state index in [0.29, 0.717) is 23.0 Å². The second kappa shape index (κ2) is 7.16. The summed E-state index contributed by atoms with van der Waals surface area (Å²) in [6.45, 7) is 1.45. The first-order valence-electron chi connectivity index (χ1n) is 8.35. The number of benzene rings is 2. The highest BCUT2D eigenvalue weighted by Gasteiger charge is 2.27. The number of hydrogen-bond acceptors (Lipinski definition) is 6. The van der Waals surface area contributed by atoms with E-state index < -0.39 is 0 Å². The Kier molecular flexibility index (Phi) is 4.55. The third-order valence-electron chi connectivity index (χ3n) is 4.03. The Morgan fingerprint density at radius 3 is 2.74 bits per heavy atom. The molecule has 1 atom stereocenters. The maximum atomic E-state index is 12.5. The fraction of sp³-hybridized carbons (Fsp3) is 0.158. The van der Waals surface area contributed by atoms with Crippen LogP contribution in [0, 0.1) is 0 Å². The molecule has 3 aromatic rings. The van der Waals surface area contributed by atoms with Crippen molar-refractivity contribution in [3.05, 3.63) is 54.1 Å². The van der Waals surface area contributed by atoms with Gasteiger partial charge in [0.2, 0.25) is 5.91 Å². The Morgan fingerprint density at radius 1 is 1.15 bits per heavy atom. The van der Waals surface area contributed by atoms with Crippen molar-refractivity contribution in [3.8, 4) is 0 Å². The van der Waals surface area contributed by atoms with Gasteiger partial charge in [-0.1, -0.05) is 46.8 Å². The first-order valence-corrected chi connectivity index (χ1v) is 9.17. The third kappa shape index (κ3) is 3.80. The van der Waals surface area contributed by atoms with E-state index >= 15 is 0 Å². The lowest BCUT2D eigenvalue weighted by Gasteiger charge is -2.07. The first kappa shape index (κ1) is 17.2. The summed E-state index contributed by atoms with van der Waals surface area (Å²) in [5.41, 5.74) is 2.75. The molecule has 0 aliphatic carbocycles. The predicted octanol–water partition coefficient (Wildman–Crippen LogP) is 3.71. The van der Waals surface area contributed by atoms with Crippen molar-refractivity contribution in [3.63, 3.8) is 0 Å². The van der Waals surface area contributed by atoms with Gasteiger partial charge in [-0.2, -0.15) is 0 Å². The molecular formula is C19H16N4O3S. The van der Waals surface area contributed by atoms with Crippen LogP contribution in [0.25, 0.3) is 10.2 Å². The lowest BCUT2D eigenvalue weighted by atomic mass is 10.0. The minimum Gasteiger partial charge on any atom is -0.387 e. The van der Waals surface area contributed by atoms with Crippen LogP contribution in [0.3, 0.4) is 0 Å². The van der Waals surface area contributed by atoms with Gasteiger partial charge in [-0.05, 0) is 23.8 Å². The Hall–Kier alpha value is -3.26. The summed E-state index contributed by atoms with van der Waals surface area (Å²) in [7, 11) is 0. The summed E-state index contributed by atoms with van der Waals surface area (Å²) in [6, 6.07) is 15.1. The molecule has 1 aromatic heterocycles. The van der Waals surface area contributed by atoms with Gasteiger partial charge in [0.15, 0.2) is 11.2 Å². The predicted molar refractivity (Wildman–Crippen MR) is 105 cm³/mol. The van der Waals surface area contributed by atoms with Crippen LogP contribution in [-0.4, -0.2) is 22.5 Å². The standard InChI is InChI=1S/C19H16N4O3S/c1-11(24)20-13-7-8-14-17(9-13)27-19(21-14)22-18(25)15-10-16(26-23-15)12-5-3-2-4-6-12/h2-9,16H,10H2,1H3,(H,20,24)(H,21,22,25)/t16-/m1/s1. The highest BCUT2D eigenvalue weighted by Crippen LogP contribution is 2.30. The topological polar surface area (TPSA) is 92.7 Å². The fourth-order valence-electron chi connectivity index (χ4n) is 2.79. The number of hydrogen-bond donors (Lipinski definition) is 2. The van der Waals surface area contributed by atoms with Crippen molar-refractivity contribution in [2.24, 2.45) is 5.16 Å². The van der Waals surface area contributed by atoms with E-state index in [2.05, 4.69) is 20.8 Å². The number of nitrogens with zero attached hydrogens (tertiary/aromatic N) is 2. The zero-order valence-corrected chi connectivity index (χ0v) is 15.2. The van der Waals surface area contributed by atoms with Crippen LogP contribution in [0.1, 0.15) is 25.0 Å². The molecule has 1 aliphatic rings. The molecule has 2 heterocycles. The van der Waals surface area contributed by atoms with Gasteiger partial charge in [0.25, 0.3) is 5.91 Å². The van der Waals surface area contributed by atoms with Gasteiger partial charge in [0.1, 0.15) is 5.71 Å². The summed E-state index contributed by atoms with van der Waals surface area (Å²) in [5.74, 6) is -0.464. The number of fused-ring (bicyclic) bond motifs is 1. The van der Waals surface area contributed by atoms with Gasteiger partial charge in [-0.3, -0.25) is 14.9 Å². The van der Waals surface area contributed by atoms with E-state index in [1.165, 1.54) is 18.3 Å². The van der Waals surface area contributed by atoms with Gasteiger partial charge in [0.05, 0.1) is 10.2 Å². The lowest BCUT2D eigenvalue weighted by Crippen LogP contribution is -2.21. The smallest absolute Gasteiger partial charge is 0.275 e. The highest BCUT2D eigenvalue weighted by molar-refractivity contribution is 7.22. The van der Waals surface area contributed by atoms with E-state index in [1.807, 2.05) is 36.4 Å². The molecule has 0 bridgehead atoms. The van der Waals surface area contributed by atoms with E-state index in [1.54, 1.807) is 12.1 Å². The minimum absolute atomic E-state index is 0.139. The molecule has 0 spiro atoms. The molecule has 0 fully saturated rings. The number of nitrogens with one attached hydrogen (secondary N) is 2. The van der Waals surface area contributed by atoms with E-state index in [-0.39, 0.29) is 17.9 Å². The maximum Gasteiger partial charge on any atom is 0.275 e. The number of anilines is 2. The Labute approximate surface area is 159 Å². The number of carbonyl (C=O) groups excluding carboxylic acids is 2. The van der Waals surface area contributed by atoms with Crippen molar-refractivity contribution in [1.82, 2.24) is 4.98 Å². The van der Waals surface area contributed by atoms with Crippen molar-refractivity contribution in [1.29, 1.82) is 0 Å². The van der Waals surface area contributed by atoms with Crippen LogP contribution >= 0.6 is 11.3 Å². The fourth-order valence-corrected chi connectivity index (χ4v) is 3.69. The zero-order chi connectivity index (χ0) is 18.8. The second-order valence-corrected chi connectivity index (χ2v) is 7.11. The first-order chi connectivity index (χ1) is 13.1. The van der Waals surface area contributed by atoms with Crippen molar-refractivity contribution >= 4 is 49.9 Å². The molecule has 8 heteroatoms. The molecule has 136 valence electrons. The molecule has 0 radical (unpaired) electrons. The molecule has 0 unspecified atom stereocenters. The van der Waals surface area contributed by atoms with Crippen LogP contribution < -0.4 is 10.6 Å². The maximum absolute atomic E-state index is 12.5. The number of thiazole rings is 1. The van der Waals surface area contributed by atoms with Crippen LogP contribution in [-0.2, 0) is 14.4 Å². The lowest BCUT2D eigenvalue weighted by molar-refractivity contribution is -0.114. The average molecular weight is 380 g/mol. The number of amides is 2. The average Bonchev–Trinajstić information content (AvgIpc) is 3.28. The monoisotopic (exact) mass is 380 g/mol. The van der Waals surface area contributed by atoms with Gasteiger partial charge in [-0.25, -0.2) is 4.98 Å². The third-order valence-corrected chi connectivity index (χ3v) is 4.97. The Bertz CT molecular complexity index is 1050. The molecule has 2 amide bonds. The summed E-state index contributed by atoms with van der Waals surface area (Å²) in [6.07, 6.45) is 0.162. The zero-order valence-electron chi connectivity index (χ0n) is 14.4. The SMILES string of the molecule is CC(=O)Nc1ccc2nc(NC(=O)C3=NO[C@@H](c4ccccc4)C3)sc2c1. The largest absolute Gasteiger partial charge is 0.387 e. The normalized spacial score (nSPS) is 15.9. The van der Waals surface area contributed by atoms with E-state index in [0.717, 1.165) is 15.8 Å². The molecule has 7 nitrogen and oxygen atoms in total. The van der Waals surface area contributed by atoms with Crippen molar-refractivity contribution < 1.29 is 14.4 Å². The van der Waals surface area contributed by atoms with Gasteiger partial charge >= 0.3 is 0 Å². The van der Waals surface area contributed by atoms with E-state index in [4.69, 9.17) is 4.84 Å². The molecule has 2 aromatic carbocycles. The van der Waals surface area contributed by atoms with Gasteiger partial charge in [0, 0.05) is 19.0 Å². The molecule has 2 N–H and O–H groups in total. The molecule has 1 aliphatic heterocycles. The summed E-state index contributed by atoms with van der Waals surface area (Å²) >= 11 is 1.33. The van der Waals surface area contributed by atoms with Crippen molar-refractivity contribution in [2.75, 3.05) is 10.6 Å². The number of oxime groups is 1. The Morgan fingerprint density at radius 2 is 1.96 bits per heavy atom. The van der Waals surface area contributed by atoms with Crippen LogP contribution in [0.15, 0.2) is 53.7 Å². The molecule has 0 saturated heterocycles. The van der Waals surface area contributed by atoms with Crippen LogP contribution in [0.4, 0.5) is 10.8 Å². The summed E-state index contributed by atoms with van der Waals surface area (Å²) in [5, 5.41) is 9.90. The second-order valence-electron chi connectivity index (χ2n) is 6.08. The molecular weight excluding hydrogens is 364 g/mol. The number of aromatic nitrogens is 1. The van der Waals surface area contributed by atoms with Crippen LogP contribution in [0.2, 0.25) is 0 Å². The highest BCUT2D eigenvalue weighted by atomic mass is 32.1. The summed E-state index contributed by atoms with van der Waals surface area (Å²) < 4.78 is 0.864. The van der Waals surface area contributed by atoms with E-state index in [9.17, 15) is 9.59 Å². The van der Waals surface area contributed by atoms with Gasteiger partial charge in [-0.15, -0.1) is 0 Å². The molecule has 27 heavy (non-hydrogen) atoms. The van der Waals surface area contributed by atoms with Crippen LogP contribution in [0.5, 0.6) is 0 Å².